The second-order valence-corrected chi connectivity index (χ2v) is 9.03. The summed E-state index contributed by atoms with van der Waals surface area (Å²) in [5, 5.41) is 2.95. The van der Waals surface area contributed by atoms with Crippen molar-refractivity contribution in [3.05, 3.63) is 95.1 Å². The number of amides is 2. The first kappa shape index (κ1) is 25.3. The van der Waals surface area contributed by atoms with E-state index in [4.69, 9.17) is 9.47 Å². The molecule has 1 atom stereocenters. The van der Waals surface area contributed by atoms with Crippen LogP contribution < -0.4 is 14.8 Å². The Labute approximate surface area is 213 Å². The van der Waals surface area contributed by atoms with Crippen molar-refractivity contribution in [3.8, 4) is 11.5 Å². The van der Waals surface area contributed by atoms with Crippen LogP contribution in [0.1, 0.15) is 35.6 Å². The fourth-order valence-corrected chi connectivity index (χ4v) is 4.46. The van der Waals surface area contributed by atoms with Gasteiger partial charge in [0.15, 0.2) is 11.5 Å². The molecule has 1 heterocycles. The lowest BCUT2D eigenvalue weighted by atomic mass is 10.0. The summed E-state index contributed by atoms with van der Waals surface area (Å²) >= 11 is 0. The number of nitrogens with one attached hydrogen (secondary N) is 1. The molecule has 188 valence electrons. The van der Waals surface area contributed by atoms with Gasteiger partial charge in [0, 0.05) is 25.9 Å². The zero-order valence-electron chi connectivity index (χ0n) is 21.0. The number of carbonyl (C=O) groups excluding carboxylic acids is 2. The van der Waals surface area contributed by atoms with Gasteiger partial charge in [0.2, 0.25) is 11.8 Å². The van der Waals surface area contributed by atoms with Gasteiger partial charge in [0.1, 0.15) is 19.3 Å². The van der Waals surface area contributed by atoms with Crippen LogP contribution in [0, 0.1) is 6.92 Å². The van der Waals surface area contributed by atoms with Gasteiger partial charge in [-0.2, -0.15) is 0 Å². The highest BCUT2D eigenvalue weighted by Gasteiger charge is 2.30. The second-order valence-electron chi connectivity index (χ2n) is 9.03. The molecule has 3 aromatic rings. The van der Waals surface area contributed by atoms with Crippen LogP contribution in [0.25, 0.3) is 0 Å². The molecule has 1 aliphatic heterocycles. The van der Waals surface area contributed by atoms with Crippen LogP contribution in [0.4, 0.5) is 0 Å². The van der Waals surface area contributed by atoms with Gasteiger partial charge in [-0.25, -0.2) is 0 Å². The number of fused-ring (bicyclic) bond motifs is 1. The maximum absolute atomic E-state index is 13.8. The predicted molar refractivity (Wildman–Crippen MR) is 140 cm³/mol. The van der Waals surface area contributed by atoms with E-state index in [9.17, 15) is 9.59 Å². The van der Waals surface area contributed by atoms with Crippen molar-refractivity contribution in [1.82, 2.24) is 10.2 Å². The number of aryl methyl sites for hydroxylation is 2. The van der Waals surface area contributed by atoms with Gasteiger partial charge < -0.3 is 19.7 Å². The molecular formula is C30H34N2O4. The van der Waals surface area contributed by atoms with Crippen LogP contribution >= 0.6 is 0 Å². The van der Waals surface area contributed by atoms with Gasteiger partial charge in [0.05, 0.1) is 0 Å². The van der Waals surface area contributed by atoms with Crippen LogP contribution in [0.2, 0.25) is 0 Å². The molecule has 1 aliphatic rings. The number of ether oxygens (including phenoxy) is 2. The van der Waals surface area contributed by atoms with Crippen molar-refractivity contribution in [1.29, 1.82) is 0 Å². The fourth-order valence-electron chi connectivity index (χ4n) is 4.46. The zero-order valence-corrected chi connectivity index (χ0v) is 21.0. The van der Waals surface area contributed by atoms with E-state index >= 15 is 0 Å². The highest BCUT2D eigenvalue weighted by atomic mass is 16.6. The van der Waals surface area contributed by atoms with E-state index in [2.05, 4.69) is 5.32 Å². The minimum atomic E-state index is -0.611. The third-order valence-electron chi connectivity index (χ3n) is 6.46. The quantitative estimate of drug-likeness (QED) is 0.459. The number of benzene rings is 3. The summed E-state index contributed by atoms with van der Waals surface area (Å²) < 4.78 is 11.3. The van der Waals surface area contributed by atoms with Crippen LogP contribution in [-0.4, -0.2) is 42.5 Å². The number of nitrogens with zero attached hydrogens (tertiary/aromatic N) is 1. The maximum Gasteiger partial charge on any atom is 0.243 e. The largest absolute Gasteiger partial charge is 0.486 e. The van der Waals surface area contributed by atoms with Crippen molar-refractivity contribution < 1.29 is 19.1 Å². The minimum Gasteiger partial charge on any atom is -0.486 e. The Kier molecular flexibility index (Phi) is 8.61. The van der Waals surface area contributed by atoms with Gasteiger partial charge in [0.25, 0.3) is 0 Å². The molecular weight excluding hydrogens is 452 g/mol. The number of rotatable bonds is 10. The first-order valence-electron chi connectivity index (χ1n) is 12.6. The van der Waals surface area contributed by atoms with E-state index in [1.54, 1.807) is 4.90 Å². The fraction of sp³-hybridized carbons (Fsp3) is 0.333. The summed E-state index contributed by atoms with van der Waals surface area (Å²) in [6.07, 6.45) is 1.29. The van der Waals surface area contributed by atoms with Crippen LogP contribution in [0.5, 0.6) is 11.5 Å². The molecule has 36 heavy (non-hydrogen) atoms. The number of hydrogen-bond acceptors (Lipinski definition) is 4. The van der Waals surface area contributed by atoms with Crippen molar-refractivity contribution >= 4 is 11.8 Å². The first-order chi connectivity index (χ1) is 17.5. The third kappa shape index (κ3) is 6.45. The Hall–Kier alpha value is -3.80. The van der Waals surface area contributed by atoms with Crippen LogP contribution in [-0.2, 0) is 29.0 Å². The molecule has 0 aliphatic carbocycles. The Bertz CT molecular complexity index is 1180. The molecule has 0 saturated carbocycles. The summed E-state index contributed by atoms with van der Waals surface area (Å²) in [5.74, 6) is 1.26. The average Bonchev–Trinajstić information content (AvgIpc) is 2.91. The Morgan fingerprint density at radius 1 is 0.917 bits per heavy atom. The second kappa shape index (κ2) is 12.2. The average molecular weight is 487 g/mol. The Balaban J connectivity index is 1.58. The molecule has 0 saturated heterocycles. The summed E-state index contributed by atoms with van der Waals surface area (Å²) in [6.45, 7) is 5.88. The number of likely N-dealkylation sites (N-methyl/N-ethyl adjacent to an activating group) is 1. The standard InChI is InChI=1S/C30H34N2O4/c1-3-31-30(34)26(19-23-10-5-4-6-11-23)32(21-25-12-8-7-9-22(25)2)29(33)16-14-24-13-15-27-28(20-24)36-18-17-35-27/h4-13,15,20,26H,3,14,16-19,21H2,1-2H3,(H,31,34). The highest BCUT2D eigenvalue weighted by Crippen LogP contribution is 2.31. The molecule has 0 aromatic heterocycles. The van der Waals surface area contributed by atoms with Gasteiger partial charge in [-0.1, -0.05) is 60.7 Å². The van der Waals surface area contributed by atoms with Crippen molar-refractivity contribution in [2.24, 2.45) is 0 Å². The zero-order chi connectivity index (χ0) is 25.3. The van der Waals surface area contributed by atoms with Gasteiger partial charge in [-0.15, -0.1) is 0 Å². The summed E-state index contributed by atoms with van der Waals surface area (Å²) in [5.41, 5.74) is 4.15. The topological polar surface area (TPSA) is 67.9 Å². The molecule has 6 heteroatoms. The minimum absolute atomic E-state index is 0.0553. The Morgan fingerprint density at radius 2 is 1.64 bits per heavy atom. The van der Waals surface area contributed by atoms with Gasteiger partial charge >= 0.3 is 0 Å². The SMILES string of the molecule is CCNC(=O)C(Cc1ccccc1)N(Cc1ccccc1C)C(=O)CCc1ccc2c(c1)OCCO2. The maximum atomic E-state index is 13.8. The Morgan fingerprint density at radius 3 is 2.39 bits per heavy atom. The van der Waals surface area contributed by atoms with E-state index in [0.717, 1.165) is 28.0 Å². The molecule has 2 amide bonds. The normalized spacial score (nSPS) is 13.1. The van der Waals surface area contributed by atoms with E-state index in [-0.39, 0.29) is 18.2 Å². The van der Waals surface area contributed by atoms with E-state index < -0.39 is 6.04 Å². The number of carbonyl (C=O) groups is 2. The molecule has 0 fully saturated rings. The van der Waals surface area contributed by atoms with Crippen molar-refractivity contribution in [2.45, 2.75) is 45.7 Å². The molecule has 1 N–H and O–H groups in total. The molecule has 4 rings (SSSR count). The van der Waals surface area contributed by atoms with E-state index in [0.29, 0.717) is 44.9 Å². The summed E-state index contributed by atoms with van der Waals surface area (Å²) in [6, 6.07) is 23.1. The molecule has 3 aromatic carbocycles. The van der Waals surface area contributed by atoms with E-state index in [1.165, 1.54) is 0 Å². The molecule has 1 unspecified atom stereocenters. The molecule has 0 bridgehead atoms. The lowest BCUT2D eigenvalue weighted by Gasteiger charge is -2.32. The van der Waals surface area contributed by atoms with Gasteiger partial charge in [-0.3, -0.25) is 9.59 Å². The van der Waals surface area contributed by atoms with Crippen LogP contribution in [0.3, 0.4) is 0 Å². The first-order valence-corrected chi connectivity index (χ1v) is 12.6. The molecule has 0 radical (unpaired) electrons. The predicted octanol–water partition coefficient (Wildman–Crippen LogP) is 4.48. The monoisotopic (exact) mass is 486 g/mol. The summed E-state index contributed by atoms with van der Waals surface area (Å²) in [4.78, 5) is 28.8. The smallest absolute Gasteiger partial charge is 0.243 e. The lowest BCUT2D eigenvalue weighted by molar-refractivity contribution is -0.141. The highest BCUT2D eigenvalue weighted by molar-refractivity contribution is 5.88. The summed E-state index contributed by atoms with van der Waals surface area (Å²) in [7, 11) is 0. The molecule has 6 nitrogen and oxygen atoms in total. The molecule has 0 spiro atoms. The van der Waals surface area contributed by atoms with Crippen LogP contribution in [0.15, 0.2) is 72.8 Å². The van der Waals surface area contributed by atoms with Crippen molar-refractivity contribution in [3.63, 3.8) is 0 Å². The third-order valence-corrected chi connectivity index (χ3v) is 6.46. The lowest BCUT2D eigenvalue weighted by Crippen LogP contribution is -2.50. The van der Waals surface area contributed by atoms with Gasteiger partial charge in [-0.05, 0) is 54.7 Å². The number of hydrogen-bond donors (Lipinski definition) is 1. The van der Waals surface area contributed by atoms with Crippen molar-refractivity contribution in [2.75, 3.05) is 19.8 Å². The van der Waals surface area contributed by atoms with E-state index in [1.807, 2.05) is 86.6 Å².